The zero-order valence-electron chi connectivity index (χ0n) is 11.2. The lowest BCUT2D eigenvalue weighted by Gasteiger charge is -2.10. The third-order valence-corrected chi connectivity index (χ3v) is 3.92. The van der Waals surface area contributed by atoms with Gasteiger partial charge in [-0.3, -0.25) is 4.79 Å². The number of benzene rings is 2. The molecule has 0 aliphatic carbocycles. The van der Waals surface area contributed by atoms with Crippen molar-refractivity contribution >= 4 is 34.8 Å². The Morgan fingerprint density at radius 3 is 2.76 bits per heavy atom. The molecular weight excluding hydrogens is 306 g/mol. The van der Waals surface area contributed by atoms with Crippen molar-refractivity contribution < 1.29 is 0 Å². The van der Waals surface area contributed by atoms with E-state index in [1.54, 1.807) is 10.6 Å². The van der Waals surface area contributed by atoms with Gasteiger partial charge in [-0.1, -0.05) is 35.9 Å². The second-order valence-corrected chi connectivity index (χ2v) is 5.67. The summed E-state index contributed by atoms with van der Waals surface area (Å²) in [6, 6.07) is 15.0. The first kappa shape index (κ1) is 13.9. The third kappa shape index (κ3) is 2.84. The Bertz CT molecular complexity index is 841. The van der Waals surface area contributed by atoms with E-state index < -0.39 is 0 Å². The molecule has 0 saturated heterocycles. The summed E-state index contributed by atoms with van der Waals surface area (Å²) in [5, 5.41) is 3.69. The Kier molecular flexibility index (Phi) is 3.77. The van der Waals surface area contributed by atoms with Crippen molar-refractivity contribution in [3.63, 3.8) is 0 Å². The van der Waals surface area contributed by atoms with Gasteiger partial charge in [-0.25, -0.2) is 4.57 Å². The van der Waals surface area contributed by atoms with Gasteiger partial charge in [-0.2, -0.15) is 4.37 Å². The van der Waals surface area contributed by atoms with Crippen molar-refractivity contribution in [1.29, 1.82) is 0 Å². The van der Waals surface area contributed by atoms with Crippen LogP contribution in [0.25, 0.3) is 5.69 Å². The summed E-state index contributed by atoms with van der Waals surface area (Å²) in [6.45, 7) is 1.98. The summed E-state index contributed by atoms with van der Waals surface area (Å²) >= 11 is 7.04. The lowest BCUT2D eigenvalue weighted by atomic mass is 10.2. The van der Waals surface area contributed by atoms with Crippen molar-refractivity contribution in [2.45, 2.75) is 6.92 Å². The molecule has 3 rings (SSSR count). The van der Waals surface area contributed by atoms with Crippen LogP contribution in [0.15, 0.2) is 53.3 Å². The smallest absolute Gasteiger partial charge is 0.323 e. The zero-order valence-corrected chi connectivity index (χ0v) is 12.8. The first-order chi connectivity index (χ1) is 10.1. The summed E-state index contributed by atoms with van der Waals surface area (Å²) in [4.78, 5) is 11.9. The molecule has 6 heteroatoms. The van der Waals surface area contributed by atoms with Gasteiger partial charge in [0.05, 0.1) is 16.4 Å². The number of nitrogens with one attached hydrogen (secondary N) is 1. The molecule has 21 heavy (non-hydrogen) atoms. The van der Waals surface area contributed by atoms with Crippen molar-refractivity contribution in [3.8, 4) is 5.69 Å². The van der Waals surface area contributed by atoms with Crippen molar-refractivity contribution in [1.82, 2.24) is 8.94 Å². The average Bonchev–Trinajstić information content (AvgIpc) is 2.82. The molecule has 0 atom stereocenters. The zero-order chi connectivity index (χ0) is 14.8. The Morgan fingerprint density at radius 1 is 1.19 bits per heavy atom. The minimum atomic E-state index is -0.143. The van der Waals surface area contributed by atoms with Gasteiger partial charge in [-0.15, -0.1) is 0 Å². The fourth-order valence-electron chi connectivity index (χ4n) is 2.01. The highest BCUT2D eigenvalue weighted by Gasteiger charge is 2.12. The highest BCUT2D eigenvalue weighted by Crippen LogP contribution is 2.25. The number of aryl methyl sites for hydroxylation is 1. The van der Waals surface area contributed by atoms with E-state index in [-0.39, 0.29) is 4.87 Å². The number of nitrogens with zero attached hydrogens (tertiary/aromatic N) is 2. The van der Waals surface area contributed by atoms with Gasteiger partial charge in [0.1, 0.15) is 0 Å². The second-order valence-electron chi connectivity index (χ2n) is 4.55. The van der Waals surface area contributed by atoms with E-state index in [2.05, 4.69) is 9.69 Å². The van der Waals surface area contributed by atoms with Gasteiger partial charge in [0.25, 0.3) is 0 Å². The molecule has 0 radical (unpaired) electrons. The molecule has 0 unspecified atom stereocenters. The predicted octanol–water partition coefficient (Wildman–Crippen LogP) is 4.00. The van der Waals surface area contributed by atoms with Crippen LogP contribution in [-0.4, -0.2) is 8.94 Å². The summed E-state index contributed by atoms with van der Waals surface area (Å²) in [6.07, 6.45) is 0. The van der Waals surface area contributed by atoms with Crippen LogP contribution < -0.4 is 10.2 Å². The number of aromatic nitrogens is 2. The largest absolute Gasteiger partial charge is 0.332 e. The first-order valence-corrected chi connectivity index (χ1v) is 7.47. The van der Waals surface area contributed by atoms with Gasteiger partial charge < -0.3 is 5.32 Å². The van der Waals surface area contributed by atoms with Crippen molar-refractivity contribution in [3.05, 3.63) is 68.8 Å². The summed E-state index contributed by atoms with van der Waals surface area (Å²) < 4.78 is 5.72. The van der Waals surface area contributed by atoms with Crippen molar-refractivity contribution in [2.24, 2.45) is 0 Å². The number of rotatable bonds is 3. The highest BCUT2D eigenvalue weighted by molar-refractivity contribution is 7.03. The first-order valence-electron chi connectivity index (χ1n) is 6.32. The van der Waals surface area contributed by atoms with E-state index in [0.29, 0.717) is 16.7 Å². The topological polar surface area (TPSA) is 46.9 Å². The number of anilines is 2. The van der Waals surface area contributed by atoms with Crippen LogP contribution in [0.4, 0.5) is 11.6 Å². The lowest BCUT2D eigenvalue weighted by Crippen LogP contribution is -2.13. The summed E-state index contributed by atoms with van der Waals surface area (Å²) in [7, 11) is 0. The van der Waals surface area contributed by atoms with Crippen LogP contribution in [0, 0.1) is 6.92 Å². The number of para-hydroxylation sites is 1. The number of hydrogen-bond donors (Lipinski definition) is 1. The maximum atomic E-state index is 12.1. The molecule has 1 aromatic heterocycles. The van der Waals surface area contributed by atoms with Crippen LogP contribution in [0.1, 0.15) is 5.56 Å². The standard InChI is InChI=1S/C15H12ClN3OS/c1-10-5-4-6-11(9-10)19-14(18-21-15(19)20)17-13-8-3-2-7-12(13)16/h2-9H,1H3,(H,17,18). The monoisotopic (exact) mass is 317 g/mol. The summed E-state index contributed by atoms with van der Waals surface area (Å²) in [5.74, 6) is 0.462. The molecule has 4 nitrogen and oxygen atoms in total. The quantitative estimate of drug-likeness (QED) is 0.794. The number of halogens is 1. The molecule has 0 spiro atoms. The Labute approximate surface area is 130 Å². The molecule has 0 amide bonds. The minimum Gasteiger partial charge on any atom is -0.323 e. The fraction of sp³-hybridized carbons (Fsp3) is 0.0667. The maximum absolute atomic E-state index is 12.1. The molecule has 0 aliphatic heterocycles. The molecule has 0 bridgehead atoms. The average molecular weight is 318 g/mol. The fourth-order valence-corrected chi connectivity index (χ4v) is 2.76. The maximum Gasteiger partial charge on any atom is 0.332 e. The normalized spacial score (nSPS) is 10.6. The van der Waals surface area contributed by atoms with Crippen LogP contribution >= 0.6 is 23.1 Å². The van der Waals surface area contributed by atoms with Crippen LogP contribution in [0.2, 0.25) is 5.02 Å². The van der Waals surface area contributed by atoms with Crippen LogP contribution in [0.5, 0.6) is 0 Å². The third-order valence-electron chi connectivity index (χ3n) is 2.98. The molecule has 106 valence electrons. The van der Waals surface area contributed by atoms with Gasteiger partial charge in [0.2, 0.25) is 5.95 Å². The molecule has 1 N–H and O–H groups in total. The van der Waals surface area contributed by atoms with E-state index in [1.165, 1.54) is 0 Å². The van der Waals surface area contributed by atoms with Crippen LogP contribution in [0.3, 0.4) is 0 Å². The Balaban J connectivity index is 2.06. The highest BCUT2D eigenvalue weighted by atomic mass is 35.5. The number of hydrogen-bond acceptors (Lipinski definition) is 4. The van der Waals surface area contributed by atoms with Crippen LogP contribution in [-0.2, 0) is 0 Å². The SMILES string of the molecule is Cc1cccc(-n2c(Nc3ccccc3Cl)nsc2=O)c1. The summed E-state index contributed by atoms with van der Waals surface area (Å²) in [5.41, 5.74) is 2.57. The van der Waals surface area contributed by atoms with E-state index in [0.717, 1.165) is 22.8 Å². The molecular formula is C15H12ClN3OS. The predicted molar refractivity (Wildman–Crippen MR) is 87.2 cm³/mol. The molecule has 0 saturated carbocycles. The van der Waals surface area contributed by atoms with E-state index in [4.69, 9.17) is 11.6 Å². The second kappa shape index (κ2) is 5.71. The van der Waals surface area contributed by atoms with Gasteiger partial charge in [-0.05, 0) is 36.8 Å². The minimum absolute atomic E-state index is 0.143. The van der Waals surface area contributed by atoms with Gasteiger partial charge >= 0.3 is 4.87 Å². The molecule has 0 aliphatic rings. The lowest BCUT2D eigenvalue weighted by molar-refractivity contribution is 1.02. The molecule has 1 heterocycles. The Morgan fingerprint density at radius 2 is 2.00 bits per heavy atom. The Hall–Kier alpha value is -2.11. The van der Waals surface area contributed by atoms with Crippen molar-refractivity contribution in [2.75, 3.05) is 5.32 Å². The molecule has 0 fully saturated rings. The molecule has 3 aromatic rings. The van der Waals surface area contributed by atoms with E-state index in [1.807, 2.05) is 49.4 Å². The van der Waals surface area contributed by atoms with Gasteiger partial charge in [0.15, 0.2) is 0 Å². The van der Waals surface area contributed by atoms with E-state index in [9.17, 15) is 4.79 Å². The molecule has 2 aromatic carbocycles. The van der Waals surface area contributed by atoms with Gasteiger partial charge in [0, 0.05) is 11.5 Å². The van der Waals surface area contributed by atoms with E-state index >= 15 is 0 Å².